The van der Waals surface area contributed by atoms with Crippen LogP contribution in [0, 0.1) is 0 Å². The molecule has 0 bridgehead atoms. The molecule has 0 aliphatic heterocycles. The molecule has 4 rings (SSSR count). The predicted octanol–water partition coefficient (Wildman–Crippen LogP) is 1.79. The molecule has 39 heavy (non-hydrogen) atoms. The third kappa shape index (κ3) is 7.09. The number of aromatic amines is 1. The van der Waals surface area contributed by atoms with Crippen LogP contribution in [0.2, 0.25) is 0 Å². The number of carboxylic acids is 2. The normalized spacial score (nSPS) is 14.0. The molecular formula is C26H30N6O7. The standard InChI is InChI=1S/C26H30N6O7/c33-23(34)13-28-26(38)31(15-22-29-19-6-1-2-7-20(19)30-22)14-16-8-10-17(11-9-16)24(35)27-12-21(25(36)37)32(39)18-4-3-5-18/h1-2,6-11,18,21,39H,3-5,12-15H2,(H,27,35)(H,28,38)(H,29,30)(H,33,34)(H,36,37)/t21-/m0/s1. The van der Waals surface area contributed by atoms with Gasteiger partial charge in [0.2, 0.25) is 0 Å². The number of aromatic nitrogens is 2. The van der Waals surface area contributed by atoms with Crippen molar-refractivity contribution >= 4 is 34.9 Å². The molecule has 1 aliphatic rings. The highest BCUT2D eigenvalue weighted by Crippen LogP contribution is 2.25. The number of carbonyl (C=O) groups is 4. The van der Waals surface area contributed by atoms with Gasteiger partial charge < -0.3 is 35.9 Å². The number of carbonyl (C=O) groups excluding carboxylic acids is 2. The fourth-order valence-corrected chi connectivity index (χ4v) is 4.20. The second-order valence-corrected chi connectivity index (χ2v) is 9.33. The number of imidazole rings is 1. The predicted molar refractivity (Wildman–Crippen MR) is 138 cm³/mol. The molecule has 1 fully saturated rings. The summed E-state index contributed by atoms with van der Waals surface area (Å²) in [6.45, 7) is -0.625. The number of aliphatic carboxylic acids is 2. The van der Waals surface area contributed by atoms with E-state index in [0.29, 0.717) is 24.2 Å². The SMILES string of the molecule is O=C(O)CNC(=O)N(Cc1ccc(C(=O)NC[C@@H](C(=O)O)N(O)C2CCC2)cc1)Cc1nc2ccccc2[nH]1. The monoisotopic (exact) mass is 538 g/mol. The molecule has 1 saturated carbocycles. The maximum Gasteiger partial charge on any atom is 0.325 e. The van der Waals surface area contributed by atoms with Crippen molar-refractivity contribution in [2.45, 2.75) is 44.4 Å². The van der Waals surface area contributed by atoms with Crippen LogP contribution in [0.1, 0.15) is 41.0 Å². The number of hydroxylamine groups is 2. The Hall–Kier alpha value is -4.49. The van der Waals surface area contributed by atoms with Gasteiger partial charge in [0.05, 0.1) is 17.6 Å². The molecule has 3 aromatic rings. The Morgan fingerprint density at radius 2 is 1.72 bits per heavy atom. The van der Waals surface area contributed by atoms with Crippen molar-refractivity contribution in [1.29, 1.82) is 0 Å². The van der Waals surface area contributed by atoms with Gasteiger partial charge >= 0.3 is 18.0 Å². The summed E-state index contributed by atoms with van der Waals surface area (Å²) in [7, 11) is 0. The zero-order valence-electron chi connectivity index (χ0n) is 21.0. The Bertz CT molecular complexity index is 1310. The van der Waals surface area contributed by atoms with Gasteiger partial charge in [-0.15, -0.1) is 0 Å². The van der Waals surface area contributed by atoms with E-state index in [9.17, 15) is 29.5 Å². The summed E-state index contributed by atoms with van der Waals surface area (Å²) in [4.78, 5) is 56.9. The van der Waals surface area contributed by atoms with Crippen molar-refractivity contribution < 1.29 is 34.6 Å². The zero-order valence-corrected chi connectivity index (χ0v) is 21.0. The maximum atomic E-state index is 12.8. The minimum atomic E-state index is -1.25. The number of H-pyrrole nitrogens is 1. The average molecular weight is 539 g/mol. The summed E-state index contributed by atoms with van der Waals surface area (Å²) in [6, 6.07) is 11.7. The first-order valence-corrected chi connectivity index (χ1v) is 12.5. The summed E-state index contributed by atoms with van der Waals surface area (Å²) in [6.07, 6.45) is 2.33. The lowest BCUT2D eigenvalue weighted by Crippen LogP contribution is -2.53. The summed E-state index contributed by atoms with van der Waals surface area (Å²) in [5, 5.41) is 34.3. The van der Waals surface area contributed by atoms with Crippen LogP contribution in [0.4, 0.5) is 4.79 Å². The first kappa shape index (κ1) is 27.5. The fourth-order valence-electron chi connectivity index (χ4n) is 4.20. The van der Waals surface area contributed by atoms with Crippen molar-refractivity contribution in [2.24, 2.45) is 0 Å². The number of benzene rings is 2. The molecule has 13 nitrogen and oxygen atoms in total. The molecule has 0 saturated heterocycles. The summed E-state index contributed by atoms with van der Waals surface area (Å²) in [5.74, 6) is -2.39. The second kappa shape index (κ2) is 12.4. The summed E-state index contributed by atoms with van der Waals surface area (Å²) < 4.78 is 0. The number of para-hydroxylation sites is 2. The number of fused-ring (bicyclic) bond motifs is 1. The van der Waals surface area contributed by atoms with E-state index >= 15 is 0 Å². The Morgan fingerprint density at radius 1 is 1.00 bits per heavy atom. The van der Waals surface area contributed by atoms with Gasteiger partial charge in [-0.2, -0.15) is 5.06 Å². The highest BCUT2D eigenvalue weighted by molar-refractivity contribution is 5.94. The van der Waals surface area contributed by atoms with Crippen molar-refractivity contribution in [3.8, 4) is 0 Å². The number of nitrogens with one attached hydrogen (secondary N) is 3. The molecule has 1 heterocycles. The van der Waals surface area contributed by atoms with Gasteiger partial charge in [0.25, 0.3) is 5.91 Å². The summed E-state index contributed by atoms with van der Waals surface area (Å²) in [5.41, 5.74) is 2.48. The Balaban J connectivity index is 1.40. The lowest BCUT2D eigenvalue weighted by molar-refractivity contribution is -0.192. The number of carboxylic acid groups (broad SMARTS) is 2. The molecule has 1 aliphatic carbocycles. The average Bonchev–Trinajstić information content (AvgIpc) is 3.28. The molecule has 0 radical (unpaired) electrons. The van der Waals surface area contributed by atoms with Gasteiger partial charge in [0.15, 0.2) is 0 Å². The molecule has 1 atom stereocenters. The Kier molecular flexibility index (Phi) is 8.74. The largest absolute Gasteiger partial charge is 0.480 e. The summed E-state index contributed by atoms with van der Waals surface area (Å²) >= 11 is 0. The van der Waals surface area contributed by atoms with E-state index in [-0.39, 0.29) is 31.2 Å². The van der Waals surface area contributed by atoms with Gasteiger partial charge in [-0.05, 0) is 42.7 Å². The van der Waals surface area contributed by atoms with E-state index in [1.165, 1.54) is 17.0 Å². The minimum Gasteiger partial charge on any atom is -0.480 e. The van der Waals surface area contributed by atoms with E-state index < -0.39 is 36.5 Å². The molecule has 0 unspecified atom stereocenters. The molecule has 6 N–H and O–H groups in total. The number of rotatable bonds is 12. The molecule has 1 aromatic heterocycles. The lowest BCUT2D eigenvalue weighted by Gasteiger charge is -2.36. The quantitative estimate of drug-likeness (QED) is 0.187. The molecule has 3 amide bonds. The lowest BCUT2D eigenvalue weighted by atomic mass is 9.92. The number of amides is 3. The smallest absolute Gasteiger partial charge is 0.325 e. The van der Waals surface area contributed by atoms with Crippen LogP contribution < -0.4 is 10.6 Å². The van der Waals surface area contributed by atoms with Crippen LogP contribution in [0.5, 0.6) is 0 Å². The van der Waals surface area contributed by atoms with Crippen molar-refractivity contribution in [1.82, 2.24) is 30.6 Å². The highest BCUT2D eigenvalue weighted by atomic mass is 16.5. The van der Waals surface area contributed by atoms with Crippen LogP contribution in [-0.4, -0.2) is 84.4 Å². The number of nitrogens with zero attached hydrogens (tertiary/aromatic N) is 3. The van der Waals surface area contributed by atoms with E-state index in [0.717, 1.165) is 22.5 Å². The molecular weight excluding hydrogens is 508 g/mol. The highest BCUT2D eigenvalue weighted by Gasteiger charge is 2.34. The van der Waals surface area contributed by atoms with Crippen LogP contribution in [0.3, 0.4) is 0 Å². The first-order chi connectivity index (χ1) is 18.7. The van der Waals surface area contributed by atoms with E-state index in [1.54, 1.807) is 12.1 Å². The van der Waals surface area contributed by atoms with Gasteiger partial charge in [-0.25, -0.2) is 9.78 Å². The second-order valence-electron chi connectivity index (χ2n) is 9.33. The van der Waals surface area contributed by atoms with Gasteiger partial charge in [-0.1, -0.05) is 30.7 Å². The van der Waals surface area contributed by atoms with Crippen molar-refractivity contribution in [3.63, 3.8) is 0 Å². The maximum absolute atomic E-state index is 12.8. The molecule has 0 spiro atoms. The molecule has 13 heteroatoms. The molecule has 2 aromatic carbocycles. The van der Waals surface area contributed by atoms with E-state index in [2.05, 4.69) is 20.6 Å². The third-order valence-electron chi connectivity index (χ3n) is 6.56. The van der Waals surface area contributed by atoms with Gasteiger partial charge in [0, 0.05) is 24.7 Å². The van der Waals surface area contributed by atoms with Crippen LogP contribution in [0.25, 0.3) is 11.0 Å². The van der Waals surface area contributed by atoms with Gasteiger partial charge in [0.1, 0.15) is 18.4 Å². The Labute approximate surface area is 223 Å². The Morgan fingerprint density at radius 3 is 2.33 bits per heavy atom. The first-order valence-electron chi connectivity index (χ1n) is 12.5. The van der Waals surface area contributed by atoms with Crippen molar-refractivity contribution in [2.75, 3.05) is 13.1 Å². The van der Waals surface area contributed by atoms with E-state index in [1.807, 2.05) is 24.3 Å². The fraction of sp³-hybridized carbons (Fsp3) is 0.346. The van der Waals surface area contributed by atoms with Crippen LogP contribution in [-0.2, 0) is 22.7 Å². The third-order valence-corrected chi connectivity index (χ3v) is 6.56. The zero-order chi connectivity index (χ0) is 27.9. The minimum absolute atomic E-state index is 0.0810. The van der Waals surface area contributed by atoms with Crippen molar-refractivity contribution in [3.05, 3.63) is 65.5 Å². The topological polar surface area (TPSA) is 188 Å². The van der Waals surface area contributed by atoms with Crippen LogP contribution in [0.15, 0.2) is 48.5 Å². The number of urea groups is 1. The number of hydrogen-bond acceptors (Lipinski definition) is 7. The van der Waals surface area contributed by atoms with Crippen LogP contribution >= 0.6 is 0 Å². The van der Waals surface area contributed by atoms with E-state index in [4.69, 9.17) is 5.11 Å². The van der Waals surface area contributed by atoms with Gasteiger partial charge in [-0.3, -0.25) is 14.4 Å². The molecule has 206 valence electrons. The number of hydrogen-bond donors (Lipinski definition) is 6.